The Hall–Kier alpha value is -2.22. The number of aliphatic imine (C=N–C) groups is 2. The Balaban J connectivity index is 0. The van der Waals surface area contributed by atoms with E-state index in [0.29, 0.717) is 0 Å². The third kappa shape index (κ3) is 9.73. The lowest BCUT2D eigenvalue weighted by molar-refractivity contribution is 1.17. The Morgan fingerprint density at radius 1 is 1.04 bits per heavy atom. The zero-order valence-corrected chi connectivity index (χ0v) is 16.4. The second-order valence-corrected chi connectivity index (χ2v) is 4.66. The van der Waals surface area contributed by atoms with Crippen LogP contribution in [0.5, 0.6) is 0 Å². The second-order valence-electron chi connectivity index (χ2n) is 4.66. The predicted molar refractivity (Wildman–Crippen MR) is 113 cm³/mol. The Morgan fingerprint density at radius 2 is 1.67 bits per heavy atom. The Kier molecular flexibility index (Phi) is 15.7. The van der Waals surface area contributed by atoms with Gasteiger partial charge in [0.25, 0.3) is 0 Å². The molecule has 0 rings (SSSR count). The minimum Gasteiger partial charge on any atom is -0.238 e. The van der Waals surface area contributed by atoms with Crippen molar-refractivity contribution in [2.24, 2.45) is 9.98 Å². The molecular weight excluding hydrogens is 292 g/mol. The van der Waals surface area contributed by atoms with Crippen molar-refractivity contribution in [3.8, 4) is 0 Å². The molecule has 0 fully saturated rings. The van der Waals surface area contributed by atoms with Crippen LogP contribution < -0.4 is 0 Å². The molecule has 0 aliphatic rings. The molecule has 0 aromatic rings. The zero-order chi connectivity index (χ0) is 19.0. The summed E-state index contributed by atoms with van der Waals surface area (Å²) in [5.74, 6) is 0.755. The van der Waals surface area contributed by atoms with Gasteiger partial charge in [-0.1, -0.05) is 83.9 Å². The molecule has 0 heterocycles. The van der Waals surface area contributed by atoms with Gasteiger partial charge in [0.05, 0.1) is 5.70 Å². The van der Waals surface area contributed by atoms with E-state index in [2.05, 4.69) is 42.7 Å². The van der Waals surface area contributed by atoms with Crippen molar-refractivity contribution < 1.29 is 0 Å². The maximum atomic E-state index is 4.59. The van der Waals surface area contributed by atoms with Crippen LogP contribution in [0.4, 0.5) is 0 Å². The highest BCUT2D eigenvalue weighted by Gasteiger charge is 2.02. The molecule has 0 saturated carbocycles. The fraction of sp³-hybridized carbons (Fsp3) is 0.364. The SMILES string of the molecule is C=C/C=C(\C=C)C(C)=NC(CC)=NC(=C)C(/C=C\C)=C/CC.CC. The highest BCUT2D eigenvalue weighted by atomic mass is 14.9. The summed E-state index contributed by atoms with van der Waals surface area (Å²) in [6.45, 7) is 23.6. The first-order chi connectivity index (χ1) is 11.5. The summed E-state index contributed by atoms with van der Waals surface area (Å²) in [4.78, 5) is 9.17. The van der Waals surface area contributed by atoms with Crippen LogP contribution in [0.15, 0.2) is 83.0 Å². The molecule has 0 amide bonds. The fourth-order valence-corrected chi connectivity index (χ4v) is 1.81. The highest BCUT2D eigenvalue weighted by molar-refractivity contribution is 6.07. The van der Waals surface area contributed by atoms with E-state index < -0.39 is 0 Å². The molecule has 132 valence electrons. The average molecular weight is 327 g/mol. The summed E-state index contributed by atoms with van der Waals surface area (Å²) in [6, 6.07) is 0. The summed E-state index contributed by atoms with van der Waals surface area (Å²) < 4.78 is 0. The molecule has 0 N–H and O–H groups in total. The van der Waals surface area contributed by atoms with Gasteiger partial charge in [0.2, 0.25) is 0 Å². The van der Waals surface area contributed by atoms with E-state index in [1.54, 1.807) is 12.2 Å². The number of nitrogens with zero attached hydrogens (tertiary/aromatic N) is 2. The zero-order valence-electron chi connectivity index (χ0n) is 16.4. The Morgan fingerprint density at radius 3 is 2.08 bits per heavy atom. The van der Waals surface area contributed by atoms with Gasteiger partial charge >= 0.3 is 0 Å². The quantitative estimate of drug-likeness (QED) is 0.260. The number of allylic oxidation sites excluding steroid dienone is 7. The van der Waals surface area contributed by atoms with Crippen molar-refractivity contribution in [3.05, 3.63) is 73.0 Å². The first-order valence-electron chi connectivity index (χ1n) is 8.64. The molecule has 0 aromatic heterocycles. The third-order valence-electron chi connectivity index (χ3n) is 2.92. The van der Waals surface area contributed by atoms with Crippen LogP contribution in [-0.2, 0) is 0 Å². The molecule has 24 heavy (non-hydrogen) atoms. The topological polar surface area (TPSA) is 24.7 Å². The minimum atomic E-state index is 0.737. The van der Waals surface area contributed by atoms with Gasteiger partial charge in [-0.15, -0.1) is 0 Å². The molecule has 0 atom stereocenters. The lowest BCUT2D eigenvalue weighted by atomic mass is 10.1. The molecule has 0 aliphatic heterocycles. The van der Waals surface area contributed by atoms with Crippen molar-refractivity contribution in [3.63, 3.8) is 0 Å². The van der Waals surface area contributed by atoms with Crippen molar-refractivity contribution in [2.45, 2.75) is 54.4 Å². The first-order valence-corrected chi connectivity index (χ1v) is 8.64. The maximum absolute atomic E-state index is 4.59. The van der Waals surface area contributed by atoms with Gasteiger partial charge in [-0.3, -0.25) is 0 Å². The number of rotatable bonds is 8. The van der Waals surface area contributed by atoms with E-state index in [4.69, 9.17) is 0 Å². The van der Waals surface area contributed by atoms with Gasteiger partial charge in [-0.25, -0.2) is 9.98 Å². The summed E-state index contributed by atoms with van der Waals surface area (Å²) in [5.41, 5.74) is 3.59. The molecule has 0 spiro atoms. The second kappa shape index (κ2) is 15.7. The fourth-order valence-electron chi connectivity index (χ4n) is 1.81. The van der Waals surface area contributed by atoms with Crippen LogP contribution >= 0.6 is 0 Å². The lowest BCUT2D eigenvalue weighted by Gasteiger charge is -2.06. The van der Waals surface area contributed by atoms with Crippen LogP contribution in [0.2, 0.25) is 0 Å². The minimum absolute atomic E-state index is 0.737. The number of hydrogen-bond acceptors (Lipinski definition) is 1. The van der Waals surface area contributed by atoms with Crippen molar-refractivity contribution >= 4 is 11.5 Å². The van der Waals surface area contributed by atoms with Gasteiger partial charge in [0.1, 0.15) is 5.84 Å². The molecule has 0 unspecified atom stereocenters. The monoisotopic (exact) mass is 326 g/mol. The number of amidine groups is 1. The molecule has 0 radical (unpaired) electrons. The Labute approximate surface area is 149 Å². The molecule has 2 nitrogen and oxygen atoms in total. The van der Waals surface area contributed by atoms with E-state index in [9.17, 15) is 0 Å². The van der Waals surface area contributed by atoms with Gasteiger partial charge in [-0.2, -0.15) is 0 Å². The van der Waals surface area contributed by atoms with E-state index in [0.717, 1.165) is 41.2 Å². The Bertz CT molecular complexity index is 553. The van der Waals surface area contributed by atoms with Crippen LogP contribution in [0.1, 0.15) is 54.4 Å². The van der Waals surface area contributed by atoms with E-state index in [1.165, 1.54) is 0 Å². The summed E-state index contributed by atoms with van der Waals surface area (Å²) in [6.07, 6.45) is 13.2. The van der Waals surface area contributed by atoms with E-state index in [-0.39, 0.29) is 0 Å². The highest BCUT2D eigenvalue weighted by Crippen LogP contribution is 2.14. The van der Waals surface area contributed by atoms with Crippen LogP contribution in [0.3, 0.4) is 0 Å². The molecule has 0 aromatic carbocycles. The number of hydrogen-bond donors (Lipinski definition) is 0. The lowest BCUT2D eigenvalue weighted by Crippen LogP contribution is -2.02. The van der Waals surface area contributed by atoms with Crippen molar-refractivity contribution in [1.82, 2.24) is 0 Å². The van der Waals surface area contributed by atoms with Crippen molar-refractivity contribution in [2.75, 3.05) is 0 Å². The van der Waals surface area contributed by atoms with Crippen molar-refractivity contribution in [1.29, 1.82) is 0 Å². The molecule has 0 saturated heterocycles. The summed E-state index contributed by atoms with van der Waals surface area (Å²) in [7, 11) is 0. The summed E-state index contributed by atoms with van der Waals surface area (Å²) >= 11 is 0. The molecule has 0 aliphatic carbocycles. The van der Waals surface area contributed by atoms with Crippen LogP contribution in [0, 0.1) is 0 Å². The van der Waals surface area contributed by atoms with Gasteiger partial charge in [0, 0.05) is 12.1 Å². The van der Waals surface area contributed by atoms with Gasteiger partial charge in [-0.05, 0) is 31.4 Å². The van der Waals surface area contributed by atoms with Gasteiger partial charge in [0.15, 0.2) is 0 Å². The van der Waals surface area contributed by atoms with Crippen LogP contribution in [0.25, 0.3) is 0 Å². The van der Waals surface area contributed by atoms with Crippen LogP contribution in [-0.4, -0.2) is 11.5 Å². The smallest absolute Gasteiger partial charge is 0.128 e. The normalized spacial score (nSPS) is 13.4. The predicted octanol–water partition coefficient (Wildman–Crippen LogP) is 7.01. The van der Waals surface area contributed by atoms with E-state index in [1.807, 2.05) is 52.8 Å². The first kappa shape index (κ1) is 24.0. The molecular formula is C22H34N2. The van der Waals surface area contributed by atoms with Gasteiger partial charge < -0.3 is 0 Å². The average Bonchev–Trinajstić information content (AvgIpc) is 2.60. The maximum Gasteiger partial charge on any atom is 0.128 e. The molecule has 0 bridgehead atoms. The standard InChI is InChI=1S/C20H28N2.C2H6/c1-8-13-18(11-4)16(6)21-20(12-5)22-17(7)19(14-9-2)15-10-3;1-2/h8-9,11,13-15H,1,4,7,10,12H2,2-3,5-6H3;1-2H3/b14-9-,18-13+,19-15+,21-16?,22-20?;. The third-order valence-corrected chi connectivity index (χ3v) is 2.92. The summed E-state index contributed by atoms with van der Waals surface area (Å²) in [5, 5.41) is 0. The molecule has 2 heteroatoms. The largest absolute Gasteiger partial charge is 0.238 e. The van der Waals surface area contributed by atoms with E-state index >= 15 is 0 Å².